The molecular weight excluding hydrogens is 528 g/mol. The van der Waals surface area contributed by atoms with Gasteiger partial charge in [-0.05, 0) is 35.2 Å². The summed E-state index contributed by atoms with van der Waals surface area (Å²) < 4.78 is 2.12. The van der Waals surface area contributed by atoms with Gasteiger partial charge in [-0.2, -0.15) is 5.21 Å². The number of rotatable bonds is 7. The topological polar surface area (TPSA) is 130 Å². The molecule has 2 aromatic heterocycles. The van der Waals surface area contributed by atoms with Crippen LogP contribution in [0.25, 0.3) is 22.5 Å². The van der Waals surface area contributed by atoms with E-state index in [0.29, 0.717) is 25.3 Å². The van der Waals surface area contributed by atoms with E-state index in [9.17, 15) is 14.7 Å². The van der Waals surface area contributed by atoms with Gasteiger partial charge in [0.25, 0.3) is 5.91 Å². The van der Waals surface area contributed by atoms with E-state index < -0.39 is 17.7 Å². The van der Waals surface area contributed by atoms with Crippen LogP contribution in [0.4, 0.5) is 0 Å². The Morgan fingerprint density at radius 2 is 1.85 bits per heavy atom. The van der Waals surface area contributed by atoms with Crippen molar-refractivity contribution in [2.45, 2.75) is 45.7 Å². The molecule has 6 rings (SSSR count). The number of tetrazole rings is 1. The summed E-state index contributed by atoms with van der Waals surface area (Å²) in [6.07, 6.45) is 2.27. The maximum Gasteiger partial charge on any atom is 1.00 e. The number of Topliss-reactive ketones (excluding diaryl/α,β-unsaturated/α-hetero) is 1. The van der Waals surface area contributed by atoms with E-state index >= 15 is 0 Å². The second-order valence-electron chi connectivity index (χ2n) is 9.64. The molecule has 2 aromatic carbocycles. The van der Waals surface area contributed by atoms with Crippen molar-refractivity contribution in [1.29, 1.82) is 0 Å². The number of amides is 1. The number of ketones is 1. The quantitative estimate of drug-likeness (QED) is 0.195. The number of carbonyl (C=O) groups is 2. The van der Waals surface area contributed by atoms with Gasteiger partial charge in [-0.3, -0.25) is 9.59 Å². The molecule has 0 saturated carbocycles. The number of imidazole rings is 1. The number of nitrogens with zero attached hydrogens (tertiary/aromatic N) is 6. The molecule has 1 unspecified atom stereocenters. The molecule has 0 aliphatic carbocycles. The molecule has 0 fully saturated rings. The molecule has 0 radical (unpaired) electrons. The number of H-pyrrole nitrogens is 1. The summed E-state index contributed by atoms with van der Waals surface area (Å²) in [5.74, 6) is 0.468. The van der Waals surface area contributed by atoms with Gasteiger partial charge in [0, 0.05) is 31.5 Å². The van der Waals surface area contributed by atoms with Crippen molar-refractivity contribution in [3.63, 3.8) is 0 Å². The van der Waals surface area contributed by atoms with Crippen molar-refractivity contribution in [2.75, 3.05) is 6.54 Å². The number of fused-ring (bicyclic) bond motifs is 3. The standard InChI is InChI=1S/C28H27N7O3.2Na.2H/c1-3-6-22-29-21-13-14-34-25(26(37)23(16(2)36)28(34)38)24(21)35(22)15-17-9-11-18(12-10-17)19-7-4-5-8-20(19)27-30-32-33-31-27;;;;/h4-5,7-12,25,37H,3,6,13-15H2,1-2H3,(H,30,31,32,33);;;;/q;2*+1;2*-1. The summed E-state index contributed by atoms with van der Waals surface area (Å²) >= 11 is 0. The van der Waals surface area contributed by atoms with Gasteiger partial charge in [0.2, 0.25) is 5.82 Å². The van der Waals surface area contributed by atoms with Crippen molar-refractivity contribution in [3.05, 3.63) is 82.6 Å². The molecule has 4 heterocycles. The number of aryl methyl sites for hydroxylation is 1. The molecule has 0 spiro atoms. The Labute approximate surface area is 278 Å². The van der Waals surface area contributed by atoms with E-state index in [-0.39, 0.29) is 73.3 Å². The van der Waals surface area contributed by atoms with Gasteiger partial charge in [-0.25, -0.2) is 4.98 Å². The zero-order valence-corrected chi connectivity index (χ0v) is 27.2. The summed E-state index contributed by atoms with van der Waals surface area (Å²) in [6.45, 7) is 4.38. The summed E-state index contributed by atoms with van der Waals surface area (Å²) in [7, 11) is 0. The van der Waals surface area contributed by atoms with Crippen LogP contribution in [0.2, 0.25) is 0 Å². The first-order valence-electron chi connectivity index (χ1n) is 12.7. The fourth-order valence-corrected chi connectivity index (χ4v) is 5.55. The Kier molecular flexibility index (Phi) is 9.49. The number of hydrogen-bond donors (Lipinski definition) is 2. The Bertz CT molecular complexity index is 1590. The molecule has 2 N–H and O–H groups in total. The number of aromatic amines is 1. The van der Waals surface area contributed by atoms with Crippen molar-refractivity contribution >= 4 is 11.7 Å². The first-order chi connectivity index (χ1) is 18.5. The number of carbonyl (C=O) groups excluding carboxylic acids is 2. The predicted molar refractivity (Wildman–Crippen MR) is 141 cm³/mol. The number of aliphatic hydroxyl groups excluding tert-OH is 1. The second kappa shape index (κ2) is 12.5. The average molecular weight is 558 g/mol. The number of aromatic nitrogens is 6. The van der Waals surface area contributed by atoms with Gasteiger partial charge < -0.3 is 17.4 Å². The van der Waals surface area contributed by atoms with Gasteiger partial charge in [0.05, 0.1) is 11.4 Å². The Hall–Kier alpha value is -2.60. The third-order valence-corrected chi connectivity index (χ3v) is 7.26. The SMILES string of the molecule is CCCc1nc2c(n1Cc1ccc(-c3ccccc3-c3nn[nH]n3)cc1)C1C(O)=C(C(C)=O)C(=O)N1CC2.[H-].[H-].[Na+].[Na+]. The molecule has 1 atom stereocenters. The van der Waals surface area contributed by atoms with Crippen LogP contribution in [0.1, 0.15) is 51.9 Å². The fourth-order valence-electron chi connectivity index (χ4n) is 5.55. The summed E-state index contributed by atoms with van der Waals surface area (Å²) in [4.78, 5) is 31.6. The van der Waals surface area contributed by atoms with Crippen LogP contribution in [0.15, 0.2) is 59.9 Å². The van der Waals surface area contributed by atoms with Crippen LogP contribution in [0.5, 0.6) is 0 Å². The molecule has 2 aliphatic heterocycles. The van der Waals surface area contributed by atoms with Gasteiger partial charge in [0.1, 0.15) is 23.2 Å². The van der Waals surface area contributed by atoms with Gasteiger partial charge in [-0.1, -0.05) is 55.5 Å². The Balaban J connectivity index is 0.00000154. The summed E-state index contributed by atoms with van der Waals surface area (Å²) in [5.41, 5.74) is 5.53. The van der Waals surface area contributed by atoms with Gasteiger partial charge in [-0.15, -0.1) is 10.2 Å². The monoisotopic (exact) mass is 557 g/mol. The number of aliphatic hydroxyl groups is 1. The second-order valence-corrected chi connectivity index (χ2v) is 9.64. The summed E-state index contributed by atoms with van der Waals surface area (Å²) in [5, 5.41) is 25.5. The Morgan fingerprint density at radius 1 is 1.12 bits per heavy atom. The summed E-state index contributed by atoms with van der Waals surface area (Å²) in [6, 6.07) is 15.5. The minimum atomic E-state index is -0.677. The smallest absolute Gasteiger partial charge is 1.00 e. The van der Waals surface area contributed by atoms with E-state index in [1.807, 2.05) is 24.3 Å². The molecule has 10 nitrogen and oxygen atoms in total. The fraction of sp³-hybridized carbons (Fsp3) is 0.286. The average Bonchev–Trinajstić information content (AvgIpc) is 3.63. The maximum atomic E-state index is 12.9. The predicted octanol–water partition coefficient (Wildman–Crippen LogP) is -2.20. The van der Waals surface area contributed by atoms with E-state index in [2.05, 4.69) is 56.4 Å². The zero-order valence-electron chi connectivity index (χ0n) is 25.2. The molecule has 4 aromatic rings. The zero-order chi connectivity index (χ0) is 26.4. The van der Waals surface area contributed by atoms with Gasteiger partial charge in [0.15, 0.2) is 5.78 Å². The van der Waals surface area contributed by atoms with Crippen LogP contribution in [0, 0.1) is 0 Å². The van der Waals surface area contributed by atoms with Crippen molar-refractivity contribution < 1.29 is 76.7 Å². The van der Waals surface area contributed by atoms with E-state index in [0.717, 1.165) is 52.3 Å². The third-order valence-electron chi connectivity index (χ3n) is 7.26. The van der Waals surface area contributed by atoms with Gasteiger partial charge >= 0.3 is 59.1 Å². The molecule has 196 valence electrons. The first-order valence-corrected chi connectivity index (χ1v) is 12.7. The van der Waals surface area contributed by atoms with E-state index in [1.165, 1.54) is 6.92 Å². The molecule has 1 amide bonds. The van der Waals surface area contributed by atoms with Crippen LogP contribution >= 0.6 is 0 Å². The molecule has 12 heteroatoms. The van der Waals surface area contributed by atoms with Crippen LogP contribution < -0.4 is 59.1 Å². The minimum absolute atomic E-state index is 0. The van der Waals surface area contributed by atoms with Crippen LogP contribution in [-0.2, 0) is 29.0 Å². The number of nitrogens with one attached hydrogen (secondary N) is 1. The molecule has 2 aliphatic rings. The minimum Gasteiger partial charge on any atom is -1.00 e. The number of benzene rings is 2. The van der Waals surface area contributed by atoms with Crippen LogP contribution in [-0.4, -0.2) is 58.4 Å². The van der Waals surface area contributed by atoms with Crippen molar-refractivity contribution in [2.24, 2.45) is 0 Å². The first kappa shape index (κ1) is 30.4. The van der Waals surface area contributed by atoms with E-state index in [1.54, 1.807) is 4.90 Å². The Morgan fingerprint density at radius 3 is 2.50 bits per heavy atom. The third kappa shape index (κ3) is 5.24. The van der Waals surface area contributed by atoms with Crippen LogP contribution in [0.3, 0.4) is 0 Å². The van der Waals surface area contributed by atoms with Crippen molar-refractivity contribution in [3.8, 4) is 22.5 Å². The number of hydrogen-bond acceptors (Lipinski definition) is 7. The van der Waals surface area contributed by atoms with Crippen molar-refractivity contribution in [1.82, 2.24) is 35.1 Å². The molecule has 40 heavy (non-hydrogen) atoms. The largest absolute Gasteiger partial charge is 1.00 e. The van der Waals surface area contributed by atoms with E-state index in [4.69, 9.17) is 4.98 Å². The maximum absolute atomic E-state index is 12.9. The normalized spacial score (nSPS) is 15.8. The molecule has 0 bridgehead atoms. The molecular formula is C28H29N7Na2O3. The molecule has 0 saturated heterocycles.